The van der Waals surface area contributed by atoms with E-state index in [2.05, 4.69) is 41.8 Å². The summed E-state index contributed by atoms with van der Waals surface area (Å²) in [6, 6.07) is 10.2. The number of carbonyl (C=O) groups excluding carboxylic acids is 2. The van der Waals surface area contributed by atoms with Crippen LogP contribution in [0.4, 0.5) is 5.69 Å². The molecule has 2 amide bonds. The van der Waals surface area contributed by atoms with E-state index in [4.69, 9.17) is 4.74 Å². The average molecular weight is 426 g/mol. The number of ether oxygens (including phenoxy) is 1. The second-order valence-electron chi connectivity index (χ2n) is 7.65. The van der Waals surface area contributed by atoms with E-state index >= 15 is 0 Å². The number of hydrogen-bond acceptors (Lipinski definition) is 6. The third-order valence-electron chi connectivity index (χ3n) is 5.94. The first kappa shape index (κ1) is 20.6. The molecule has 0 atom stereocenters. The molecule has 0 aliphatic carbocycles. The SMILES string of the molecule is COCCN1C(=O)C(c2cccs2)=C(N2CCN(c3cccc(C)c3C)CC2)C1=O. The number of amides is 2. The Bertz CT molecular complexity index is 976. The number of imide groups is 1. The molecule has 1 fully saturated rings. The zero-order valence-electron chi connectivity index (χ0n) is 17.7. The fraction of sp³-hybridized carbons (Fsp3) is 0.391. The molecule has 158 valence electrons. The summed E-state index contributed by atoms with van der Waals surface area (Å²) in [6.45, 7) is 7.92. The Labute approximate surface area is 181 Å². The molecule has 0 spiro atoms. The lowest BCUT2D eigenvalue weighted by Gasteiger charge is -2.38. The van der Waals surface area contributed by atoms with E-state index in [1.165, 1.54) is 33.1 Å². The summed E-state index contributed by atoms with van der Waals surface area (Å²) in [5.74, 6) is -0.424. The minimum atomic E-state index is -0.216. The molecule has 4 rings (SSSR count). The van der Waals surface area contributed by atoms with Gasteiger partial charge in [0.1, 0.15) is 5.70 Å². The molecule has 0 radical (unpaired) electrons. The van der Waals surface area contributed by atoms with Gasteiger partial charge in [0, 0.05) is 43.9 Å². The summed E-state index contributed by atoms with van der Waals surface area (Å²) in [5, 5.41) is 1.94. The Morgan fingerprint density at radius 1 is 0.967 bits per heavy atom. The number of thiophene rings is 1. The third kappa shape index (κ3) is 3.63. The molecule has 0 unspecified atom stereocenters. The van der Waals surface area contributed by atoms with Gasteiger partial charge in [-0.05, 0) is 42.5 Å². The van der Waals surface area contributed by atoms with Crippen molar-refractivity contribution in [2.75, 3.05) is 51.3 Å². The monoisotopic (exact) mass is 425 g/mol. The van der Waals surface area contributed by atoms with Gasteiger partial charge < -0.3 is 14.5 Å². The van der Waals surface area contributed by atoms with Crippen LogP contribution in [0.25, 0.3) is 5.57 Å². The van der Waals surface area contributed by atoms with Crippen molar-refractivity contribution in [3.63, 3.8) is 0 Å². The van der Waals surface area contributed by atoms with E-state index in [-0.39, 0.29) is 18.4 Å². The molecule has 1 aromatic carbocycles. The fourth-order valence-electron chi connectivity index (χ4n) is 4.13. The Balaban J connectivity index is 1.59. The Kier molecular flexibility index (Phi) is 5.92. The number of nitrogens with zero attached hydrogens (tertiary/aromatic N) is 3. The second-order valence-corrected chi connectivity index (χ2v) is 8.60. The standard InChI is InChI=1S/C23H27N3O3S/c1-16-6-4-7-18(17(16)2)24-9-11-25(12-10-24)21-20(19-8-5-15-30-19)22(27)26(23(21)28)13-14-29-3/h4-8,15H,9-14H2,1-3H3. The van der Waals surface area contributed by atoms with Crippen molar-refractivity contribution < 1.29 is 14.3 Å². The van der Waals surface area contributed by atoms with Gasteiger partial charge >= 0.3 is 0 Å². The normalized spacial score (nSPS) is 17.5. The zero-order chi connectivity index (χ0) is 21.3. The van der Waals surface area contributed by atoms with Crippen molar-refractivity contribution in [3.8, 4) is 0 Å². The number of hydrogen-bond donors (Lipinski definition) is 0. The van der Waals surface area contributed by atoms with Crippen LogP contribution in [0.3, 0.4) is 0 Å². The number of carbonyl (C=O) groups is 2. The molecule has 3 heterocycles. The maximum absolute atomic E-state index is 13.2. The smallest absolute Gasteiger partial charge is 0.277 e. The molecule has 0 N–H and O–H groups in total. The molecule has 1 aromatic heterocycles. The van der Waals surface area contributed by atoms with Gasteiger partial charge in [0.2, 0.25) is 0 Å². The van der Waals surface area contributed by atoms with Gasteiger partial charge in [0.15, 0.2) is 0 Å². The van der Waals surface area contributed by atoms with Gasteiger partial charge in [-0.3, -0.25) is 14.5 Å². The lowest BCUT2D eigenvalue weighted by Crippen LogP contribution is -2.48. The fourth-order valence-corrected chi connectivity index (χ4v) is 4.90. The highest BCUT2D eigenvalue weighted by Gasteiger charge is 2.42. The van der Waals surface area contributed by atoms with Gasteiger partial charge in [-0.15, -0.1) is 11.3 Å². The first-order chi connectivity index (χ1) is 14.5. The number of piperazine rings is 1. The van der Waals surface area contributed by atoms with Gasteiger partial charge in [0.05, 0.1) is 18.7 Å². The summed E-state index contributed by atoms with van der Waals surface area (Å²) in [5.41, 5.74) is 4.90. The van der Waals surface area contributed by atoms with E-state index in [0.717, 1.165) is 18.0 Å². The highest BCUT2D eigenvalue weighted by Crippen LogP contribution is 2.35. The maximum Gasteiger partial charge on any atom is 0.277 e. The molecular weight excluding hydrogens is 398 g/mol. The highest BCUT2D eigenvalue weighted by molar-refractivity contribution is 7.11. The minimum absolute atomic E-state index is 0.208. The van der Waals surface area contributed by atoms with Crippen LogP contribution in [0.1, 0.15) is 16.0 Å². The minimum Gasteiger partial charge on any atom is -0.383 e. The summed E-state index contributed by atoms with van der Waals surface area (Å²) in [7, 11) is 1.58. The lowest BCUT2D eigenvalue weighted by atomic mass is 10.1. The molecule has 2 aliphatic rings. The Morgan fingerprint density at radius 3 is 2.37 bits per heavy atom. The van der Waals surface area contributed by atoms with Gasteiger partial charge in [-0.1, -0.05) is 18.2 Å². The number of anilines is 1. The predicted molar refractivity (Wildman–Crippen MR) is 120 cm³/mol. The summed E-state index contributed by atoms with van der Waals surface area (Å²) in [6.07, 6.45) is 0. The molecule has 6 nitrogen and oxygen atoms in total. The van der Waals surface area contributed by atoms with E-state index in [9.17, 15) is 9.59 Å². The van der Waals surface area contributed by atoms with E-state index in [0.29, 0.717) is 31.0 Å². The van der Waals surface area contributed by atoms with E-state index in [1.54, 1.807) is 7.11 Å². The third-order valence-corrected chi connectivity index (χ3v) is 6.83. The van der Waals surface area contributed by atoms with Crippen molar-refractivity contribution in [2.45, 2.75) is 13.8 Å². The number of methoxy groups -OCH3 is 1. The molecule has 7 heteroatoms. The van der Waals surface area contributed by atoms with Crippen LogP contribution in [0, 0.1) is 13.8 Å². The van der Waals surface area contributed by atoms with Gasteiger partial charge in [0.25, 0.3) is 11.8 Å². The first-order valence-corrected chi connectivity index (χ1v) is 11.1. The molecule has 2 aliphatic heterocycles. The Hall–Kier alpha value is -2.64. The van der Waals surface area contributed by atoms with E-state index < -0.39 is 0 Å². The summed E-state index contributed by atoms with van der Waals surface area (Å²) in [4.78, 5) is 32.9. The van der Waals surface area contributed by atoms with Crippen LogP contribution < -0.4 is 4.90 Å². The van der Waals surface area contributed by atoms with Crippen molar-refractivity contribution in [3.05, 3.63) is 57.4 Å². The van der Waals surface area contributed by atoms with Crippen molar-refractivity contribution in [1.82, 2.24) is 9.80 Å². The van der Waals surface area contributed by atoms with Gasteiger partial charge in [-0.25, -0.2) is 0 Å². The molecule has 2 aromatic rings. The zero-order valence-corrected chi connectivity index (χ0v) is 18.5. The largest absolute Gasteiger partial charge is 0.383 e. The molecule has 0 bridgehead atoms. The van der Waals surface area contributed by atoms with Crippen molar-refractivity contribution in [2.24, 2.45) is 0 Å². The maximum atomic E-state index is 13.2. The lowest BCUT2D eigenvalue weighted by molar-refractivity contribution is -0.138. The topological polar surface area (TPSA) is 53.1 Å². The molecule has 1 saturated heterocycles. The van der Waals surface area contributed by atoms with Crippen LogP contribution in [0.15, 0.2) is 41.4 Å². The average Bonchev–Trinajstić information content (AvgIpc) is 3.35. The molecule has 0 saturated carbocycles. The van der Waals surface area contributed by atoms with Crippen LogP contribution in [0.5, 0.6) is 0 Å². The number of benzene rings is 1. The van der Waals surface area contributed by atoms with Gasteiger partial charge in [-0.2, -0.15) is 0 Å². The first-order valence-electron chi connectivity index (χ1n) is 10.2. The number of aryl methyl sites for hydroxylation is 1. The second kappa shape index (κ2) is 8.62. The summed E-state index contributed by atoms with van der Waals surface area (Å²) >= 11 is 1.49. The molecule has 30 heavy (non-hydrogen) atoms. The van der Waals surface area contributed by atoms with Crippen LogP contribution in [0.2, 0.25) is 0 Å². The molecular formula is C23H27N3O3S. The van der Waals surface area contributed by atoms with Crippen LogP contribution >= 0.6 is 11.3 Å². The summed E-state index contributed by atoms with van der Waals surface area (Å²) < 4.78 is 5.11. The quantitative estimate of drug-likeness (QED) is 0.666. The highest BCUT2D eigenvalue weighted by atomic mass is 32.1. The Morgan fingerprint density at radius 2 is 1.70 bits per heavy atom. The van der Waals surface area contributed by atoms with Crippen LogP contribution in [-0.2, 0) is 14.3 Å². The number of rotatable bonds is 6. The van der Waals surface area contributed by atoms with Crippen molar-refractivity contribution >= 4 is 34.4 Å². The van der Waals surface area contributed by atoms with E-state index in [1.807, 2.05) is 17.5 Å². The van der Waals surface area contributed by atoms with Crippen LogP contribution in [-0.4, -0.2) is 68.1 Å². The predicted octanol–water partition coefficient (Wildman–Crippen LogP) is 2.91. The van der Waals surface area contributed by atoms with Crippen molar-refractivity contribution in [1.29, 1.82) is 0 Å².